The lowest BCUT2D eigenvalue weighted by Crippen LogP contribution is -2.48. The van der Waals surface area contributed by atoms with Gasteiger partial charge in [-0.1, -0.05) is 30.3 Å². The summed E-state index contributed by atoms with van der Waals surface area (Å²) in [6.45, 7) is 1.56. The zero-order chi connectivity index (χ0) is 20.6. The summed E-state index contributed by atoms with van der Waals surface area (Å²) in [5.74, 6) is -1.30. The first-order valence-electron chi connectivity index (χ1n) is 9.06. The number of hydrogen-bond donors (Lipinski definition) is 3. The largest absolute Gasteiger partial charge is 0.382 e. The maximum Gasteiger partial charge on any atom is 0.243 e. The van der Waals surface area contributed by atoms with Crippen molar-refractivity contribution >= 4 is 17.7 Å². The number of primary amides is 1. The van der Waals surface area contributed by atoms with Crippen LogP contribution in [0.15, 0.2) is 30.3 Å². The Morgan fingerprint density at radius 1 is 1.04 bits per heavy atom. The van der Waals surface area contributed by atoms with Gasteiger partial charge in [0.25, 0.3) is 0 Å². The molecule has 1 rings (SSSR count). The van der Waals surface area contributed by atoms with Crippen LogP contribution in [0, 0.1) is 0 Å². The van der Waals surface area contributed by atoms with Crippen LogP contribution in [0.2, 0.25) is 0 Å². The van der Waals surface area contributed by atoms with E-state index in [1.165, 1.54) is 0 Å². The van der Waals surface area contributed by atoms with E-state index in [-0.39, 0.29) is 38.7 Å². The van der Waals surface area contributed by atoms with Gasteiger partial charge in [0, 0.05) is 32.9 Å². The SMILES string of the molecule is COCCOCOCCNC(=O)[C@H](Cc1ccccc1)NC(=O)CCC(N)=O. The topological polar surface area (TPSA) is 129 Å². The van der Waals surface area contributed by atoms with Crippen molar-refractivity contribution in [1.29, 1.82) is 0 Å². The molecule has 1 aromatic carbocycles. The highest BCUT2D eigenvalue weighted by atomic mass is 16.7. The molecule has 1 aromatic rings. The molecule has 3 amide bonds. The van der Waals surface area contributed by atoms with Crippen molar-refractivity contribution in [3.8, 4) is 0 Å². The standard InChI is InChI=1S/C19H29N3O6/c1-26-11-12-28-14-27-10-9-21-19(25)16(13-15-5-3-2-4-6-15)22-18(24)8-7-17(20)23/h2-6,16H,7-14H2,1H3,(H2,20,23)(H,21,25)(H,22,24)/t16-/m0/s1. The fourth-order valence-electron chi connectivity index (χ4n) is 2.25. The molecule has 0 saturated carbocycles. The fourth-order valence-corrected chi connectivity index (χ4v) is 2.25. The molecule has 0 fully saturated rings. The molecular weight excluding hydrogens is 366 g/mol. The Labute approximate surface area is 164 Å². The molecule has 0 unspecified atom stereocenters. The van der Waals surface area contributed by atoms with Crippen molar-refractivity contribution in [3.63, 3.8) is 0 Å². The van der Waals surface area contributed by atoms with Gasteiger partial charge in [0.05, 0.1) is 19.8 Å². The average Bonchev–Trinajstić information content (AvgIpc) is 2.68. The number of methoxy groups -OCH3 is 1. The molecule has 0 radical (unpaired) electrons. The molecule has 9 heteroatoms. The van der Waals surface area contributed by atoms with E-state index in [4.69, 9.17) is 19.9 Å². The van der Waals surface area contributed by atoms with E-state index in [9.17, 15) is 14.4 Å². The van der Waals surface area contributed by atoms with Gasteiger partial charge in [-0.05, 0) is 5.56 Å². The minimum absolute atomic E-state index is 0.0597. The Morgan fingerprint density at radius 2 is 1.75 bits per heavy atom. The third kappa shape index (κ3) is 11.3. The molecule has 28 heavy (non-hydrogen) atoms. The van der Waals surface area contributed by atoms with E-state index in [1.807, 2.05) is 30.3 Å². The minimum atomic E-state index is -0.763. The van der Waals surface area contributed by atoms with Crippen molar-refractivity contribution in [2.45, 2.75) is 25.3 Å². The minimum Gasteiger partial charge on any atom is -0.382 e. The summed E-state index contributed by atoms with van der Waals surface area (Å²) in [6.07, 6.45) is 0.203. The summed E-state index contributed by atoms with van der Waals surface area (Å²) in [6, 6.07) is 8.57. The lowest BCUT2D eigenvalue weighted by Gasteiger charge is -2.18. The molecule has 9 nitrogen and oxygen atoms in total. The summed E-state index contributed by atoms with van der Waals surface area (Å²) in [4.78, 5) is 35.3. The normalized spacial score (nSPS) is 11.6. The third-order valence-electron chi connectivity index (χ3n) is 3.68. The van der Waals surface area contributed by atoms with Gasteiger partial charge in [-0.25, -0.2) is 0 Å². The second-order valence-corrected chi connectivity index (χ2v) is 5.99. The van der Waals surface area contributed by atoms with Crippen LogP contribution in [-0.2, 0) is 35.0 Å². The Balaban J connectivity index is 2.45. The van der Waals surface area contributed by atoms with E-state index in [0.29, 0.717) is 19.6 Å². The summed E-state index contributed by atoms with van der Waals surface area (Å²) in [5.41, 5.74) is 5.96. The molecule has 0 aliphatic heterocycles. The van der Waals surface area contributed by atoms with Gasteiger partial charge < -0.3 is 30.6 Å². The number of carbonyl (C=O) groups is 3. The summed E-state index contributed by atoms with van der Waals surface area (Å²) in [7, 11) is 1.58. The van der Waals surface area contributed by atoms with E-state index < -0.39 is 17.9 Å². The molecule has 156 valence electrons. The maximum atomic E-state index is 12.5. The highest BCUT2D eigenvalue weighted by Gasteiger charge is 2.21. The van der Waals surface area contributed by atoms with Gasteiger partial charge >= 0.3 is 0 Å². The van der Waals surface area contributed by atoms with Crippen LogP contribution in [0.25, 0.3) is 0 Å². The van der Waals surface area contributed by atoms with Gasteiger partial charge in [-0.15, -0.1) is 0 Å². The van der Waals surface area contributed by atoms with Crippen molar-refractivity contribution < 1.29 is 28.6 Å². The van der Waals surface area contributed by atoms with Gasteiger partial charge in [-0.3, -0.25) is 14.4 Å². The molecule has 1 atom stereocenters. The number of amides is 3. The Bertz CT molecular complexity index is 597. The second kappa shape index (κ2) is 14.6. The highest BCUT2D eigenvalue weighted by Crippen LogP contribution is 2.04. The molecule has 0 spiro atoms. The van der Waals surface area contributed by atoms with Crippen LogP contribution < -0.4 is 16.4 Å². The quantitative estimate of drug-likeness (QED) is 0.277. The highest BCUT2D eigenvalue weighted by molar-refractivity contribution is 5.89. The smallest absolute Gasteiger partial charge is 0.243 e. The summed E-state index contributed by atoms with van der Waals surface area (Å²) in [5, 5.41) is 5.38. The lowest BCUT2D eigenvalue weighted by atomic mass is 10.0. The van der Waals surface area contributed by atoms with Crippen molar-refractivity contribution in [3.05, 3.63) is 35.9 Å². The van der Waals surface area contributed by atoms with Crippen LogP contribution in [-0.4, -0.2) is 64.0 Å². The molecule has 0 bridgehead atoms. The Morgan fingerprint density at radius 3 is 2.43 bits per heavy atom. The first-order valence-corrected chi connectivity index (χ1v) is 9.06. The Hall–Kier alpha value is -2.49. The van der Waals surface area contributed by atoms with Crippen LogP contribution in [0.1, 0.15) is 18.4 Å². The number of carbonyl (C=O) groups excluding carboxylic acids is 3. The second-order valence-electron chi connectivity index (χ2n) is 5.99. The van der Waals surface area contributed by atoms with Gasteiger partial charge in [-0.2, -0.15) is 0 Å². The fraction of sp³-hybridized carbons (Fsp3) is 0.526. The average molecular weight is 395 g/mol. The maximum absolute atomic E-state index is 12.5. The van der Waals surface area contributed by atoms with Gasteiger partial charge in [0.2, 0.25) is 17.7 Å². The first-order chi connectivity index (χ1) is 13.5. The molecule has 0 aliphatic rings. The van der Waals surface area contributed by atoms with Crippen LogP contribution in [0.5, 0.6) is 0 Å². The zero-order valence-corrected chi connectivity index (χ0v) is 16.1. The monoisotopic (exact) mass is 395 g/mol. The zero-order valence-electron chi connectivity index (χ0n) is 16.1. The number of benzene rings is 1. The van der Waals surface area contributed by atoms with Crippen molar-refractivity contribution in [2.24, 2.45) is 5.73 Å². The predicted octanol–water partition coefficient (Wildman–Crippen LogP) is -0.267. The molecule has 0 heterocycles. The third-order valence-corrected chi connectivity index (χ3v) is 3.68. The first kappa shape index (κ1) is 23.5. The number of nitrogens with two attached hydrogens (primary N) is 1. The van der Waals surface area contributed by atoms with Gasteiger partial charge in [0.1, 0.15) is 12.8 Å². The van der Waals surface area contributed by atoms with Crippen molar-refractivity contribution in [2.75, 3.05) is 40.3 Å². The lowest BCUT2D eigenvalue weighted by molar-refractivity contribution is -0.130. The van der Waals surface area contributed by atoms with Crippen LogP contribution >= 0.6 is 0 Å². The van der Waals surface area contributed by atoms with E-state index in [2.05, 4.69) is 10.6 Å². The van der Waals surface area contributed by atoms with Gasteiger partial charge in [0.15, 0.2) is 0 Å². The van der Waals surface area contributed by atoms with E-state index in [0.717, 1.165) is 5.56 Å². The molecule has 4 N–H and O–H groups in total. The molecule has 0 aliphatic carbocycles. The number of rotatable bonds is 15. The summed E-state index contributed by atoms with van der Waals surface area (Å²) >= 11 is 0. The molecule has 0 aromatic heterocycles. The van der Waals surface area contributed by atoms with Crippen molar-refractivity contribution in [1.82, 2.24) is 10.6 Å². The van der Waals surface area contributed by atoms with Crippen LogP contribution in [0.3, 0.4) is 0 Å². The van der Waals surface area contributed by atoms with E-state index >= 15 is 0 Å². The summed E-state index contributed by atoms with van der Waals surface area (Å²) < 4.78 is 15.2. The number of nitrogens with one attached hydrogen (secondary N) is 2. The number of hydrogen-bond acceptors (Lipinski definition) is 6. The number of ether oxygens (including phenoxy) is 3. The molecular formula is C19H29N3O6. The Kier molecular flexibility index (Phi) is 12.2. The van der Waals surface area contributed by atoms with E-state index in [1.54, 1.807) is 7.11 Å². The van der Waals surface area contributed by atoms with Crippen LogP contribution in [0.4, 0.5) is 0 Å². The predicted molar refractivity (Wildman–Crippen MR) is 102 cm³/mol. The molecule has 0 saturated heterocycles.